The molecule has 1 saturated heterocycles. The van der Waals surface area contributed by atoms with Gasteiger partial charge in [-0.15, -0.1) is 12.4 Å². The van der Waals surface area contributed by atoms with Crippen molar-refractivity contribution in [1.82, 2.24) is 10.6 Å². The van der Waals surface area contributed by atoms with Crippen molar-refractivity contribution in [2.45, 2.75) is 31.4 Å². The number of rotatable bonds is 6. The summed E-state index contributed by atoms with van der Waals surface area (Å²) in [5, 5.41) is 11.9. The highest BCUT2D eigenvalue weighted by atomic mass is 35.5. The summed E-state index contributed by atoms with van der Waals surface area (Å²) in [5.74, 6) is -0.0848. The molecule has 0 saturated carbocycles. The average Bonchev–Trinajstić information content (AvgIpc) is 2.75. The molecule has 4 N–H and O–H groups in total. The minimum absolute atomic E-state index is 0. The predicted molar refractivity (Wildman–Crippen MR) is 121 cm³/mol. The number of benzene rings is 2. The van der Waals surface area contributed by atoms with E-state index in [1.54, 1.807) is 7.11 Å². The minimum Gasteiger partial charge on any atom is -0.368 e. The van der Waals surface area contributed by atoms with Gasteiger partial charge < -0.3 is 26.0 Å². The molecule has 2 aromatic carbocycles. The van der Waals surface area contributed by atoms with Gasteiger partial charge in [0.05, 0.1) is 6.04 Å². The van der Waals surface area contributed by atoms with Crippen LogP contribution in [0.1, 0.15) is 31.4 Å². The van der Waals surface area contributed by atoms with Crippen LogP contribution in [-0.2, 0) is 9.53 Å². The minimum atomic E-state index is -0.767. The smallest absolute Gasteiger partial charge is 0.323 e. The molecular weight excluding hydrogens is 404 g/mol. The van der Waals surface area contributed by atoms with Crippen LogP contribution in [0.3, 0.4) is 0 Å². The Bertz CT molecular complexity index is 824. The van der Waals surface area contributed by atoms with E-state index in [1.165, 1.54) is 0 Å². The van der Waals surface area contributed by atoms with E-state index in [1.807, 2.05) is 61.5 Å². The number of ether oxygens (including phenoxy) is 1. The second-order valence-corrected chi connectivity index (χ2v) is 7.21. The summed E-state index contributed by atoms with van der Waals surface area (Å²) in [7, 11) is 1.59. The Morgan fingerprint density at radius 3 is 2.10 bits per heavy atom. The molecule has 3 amide bonds. The number of anilines is 2. The monoisotopic (exact) mass is 432 g/mol. The molecule has 1 heterocycles. The number of carbonyl (C=O) groups is 2. The van der Waals surface area contributed by atoms with Crippen LogP contribution >= 0.6 is 12.4 Å². The SMILES string of the molecule is COC1(C(=O)NC(C)c2ccc(NC(=O)Nc3ccccc3)cc2)CCNCC1.Cl. The Labute approximate surface area is 183 Å². The Kier molecular flexibility index (Phi) is 8.65. The third-order valence-electron chi connectivity index (χ3n) is 5.26. The first-order valence-corrected chi connectivity index (χ1v) is 9.82. The van der Waals surface area contributed by atoms with Crippen LogP contribution in [0.25, 0.3) is 0 Å². The molecule has 1 fully saturated rings. The van der Waals surface area contributed by atoms with Crippen LogP contribution in [-0.4, -0.2) is 37.7 Å². The first kappa shape index (κ1) is 23.7. The molecule has 1 aliphatic heterocycles. The second-order valence-electron chi connectivity index (χ2n) is 7.21. The molecular formula is C22H29ClN4O3. The van der Waals surface area contributed by atoms with E-state index in [0.717, 1.165) is 24.3 Å². The van der Waals surface area contributed by atoms with Gasteiger partial charge in [0, 0.05) is 18.5 Å². The number of piperidine rings is 1. The van der Waals surface area contributed by atoms with Crippen molar-refractivity contribution in [3.8, 4) is 0 Å². The zero-order chi connectivity index (χ0) is 20.7. The number of halogens is 1. The lowest BCUT2D eigenvalue weighted by Gasteiger charge is -2.35. The molecule has 0 bridgehead atoms. The molecule has 0 spiro atoms. The van der Waals surface area contributed by atoms with Crippen molar-refractivity contribution in [3.05, 3.63) is 60.2 Å². The maximum absolute atomic E-state index is 12.8. The summed E-state index contributed by atoms with van der Waals surface area (Å²) < 4.78 is 5.58. The Morgan fingerprint density at radius 1 is 0.967 bits per heavy atom. The van der Waals surface area contributed by atoms with Crippen molar-refractivity contribution in [1.29, 1.82) is 0 Å². The van der Waals surface area contributed by atoms with Gasteiger partial charge in [0.25, 0.3) is 5.91 Å². The molecule has 2 aromatic rings. The Hall–Kier alpha value is -2.61. The van der Waals surface area contributed by atoms with Gasteiger partial charge in [0.2, 0.25) is 0 Å². The maximum Gasteiger partial charge on any atom is 0.323 e. The molecule has 0 radical (unpaired) electrons. The van der Waals surface area contributed by atoms with E-state index in [0.29, 0.717) is 18.5 Å². The van der Waals surface area contributed by atoms with Crippen LogP contribution < -0.4 is 21.3 Å². The fraction of sp³-hybridized carbons (Fsp3) is 0.364. The number of carbonyl (C=O) groups excluding carboxylic acids is 2. The molecule has 7 nitrogen and oxygen atoms in total. The summed E-state index contributed by atoms with van der Waals surface area (Å²) in [6, 6.07) is 16.2. The summed E-state index contributed by atoms with van der Waals surface area (Å²) in [4.78, 5) is 24.9. The average molecular weight is 433 g/mol. The Balaban J connectivity index is 0.00000320. The zero-order valence-electron chi connectivity index (χ0n) is 17.2. The first-order valence-electron chi connectivity index (χ1n) is 9.82. The summed E-state index contributed by atoms with van der Waals surface area (Å²) >= 11 is 0. The van der Waals surface area contributed by atoms with Gasteiger partial charge in [0.15, 0.2) is 0 Å². The molecule has 0 aliphatic carbocycles. The number of hydrogen-bond acceptors (Lipinski definition) is 4. The summed E-state index contributed by atoms with van der Waals surface area (Å²) in [6.45, 7) is 3.47. The van der Waals surface area contributed by atoms with Crippen molar-refractivity contribution in [2.75, 3.05) is 30.8 Å². The molecule has 162 valence electrons. The first-order chi connectivity index (χ1) is 14.0. The van der Waals surface area contributed by atoms with Crippen LogP contribution in [0.2, 0.25) is 0 Å². The highest BCUT2D eigenvalue weighted by Gasteiger charge is 2.40. The van der Waals surface area contributed by atoms with E-state index < -0.39 is 5.60 Å². The fourth-order valence-corrected chi connectivity index (χ4v) is 3.44. The fourth-order valence-electron chi connectivity index (χ4n) is 3.44. The molecule has 30 heavy (non-hydrogen) atoms. The lowest BCUT2D eigenvalue weighted by Crippen LogP contribution is -2.54. The highest BCUT2D eigenvalue weighted by Crippen LogP contribution is 2.25. The van der Waals surface area contributed by atoms with Crippen molar-refractivity contribution in [2.24, 2.45) is 0 Å². The number of para-hydroxylation sites is 1. The number of hydrogen-bond donors (Lipinski definition) is 4. The van der Waals surface area contributed by atoms with Gasteiger partial charge in [-0.3, -0.25) is 4.79 Å². The van der Waals surface area contributed by atoms with Gasteiger partial charge in [-0.05, 0) is 62.7 Å². The molecule has 8 heteroatoms. The summed E-state index contributed by atoms with van der Waals surface area (Å²) in [5.41, 5.74) is 1.58. The third kappa shape index (κ3) is 5.95. The number of methoxy groups -OCH3 is 1. The third-order valence-corrected chi connectivity index (χ3v) is 5.26. The van der Waals surface area contributed by atoms with Crippen LogP contribution in [0.4, 0.5) is 16.2 Å². The molecule has 1 atom stereocenters. The van der Waals surface area contributed by atoms with Gasteiger partial charge in [0.1, 0.15) is 5.60 Å². The lowest BCUT2D eigenvalue weighted by atomic mass is 9.90. The number of urea groups is 1. The van der Waals surface area contributed by atoms with Gasteiger partial charge in [-0.25, -0.2) is 4.79 Å². The van der Waals surface area contributed by atoms with Crippen LogP contribution in [0.15, 0.2) is 54.6 Å². The van der Waals surface area contributed by atoms with E-state index >= 15 is 0 Å². The summed E-state index contributed by atoms with van der Waals surface area (Å²) in [6.07, 6.45) is 1.31. The largest absolute Gasteiger partial charge is 0.368 e. The van der Waals surface area contributed by atoms with E-state index in [2.05, 4.69) is 21.3 Å². The normalized spacial score (nSPS) is 15.9. The molecule has 1 aliphatic rings. The van der Waals surface area contributed by atoms with E-state index in [9.17, 15) is 9.59 Å². The van der Waals surface area contributed by atoms with Crippen LogP contribution in [0, 0.1) is 0 Å². The van der Waals surface area contributed by atoms with Gasteiger partial charge in [-0.2, -0.15) is 0 Å². The van der Waals surface area contributed by atoms with E-state index in [4.69, 9.17) is 4.74 Å². The Morgan fingerprint density at radius 2 is 1.53 bits per heavy atom. The van der Waals surface area contributed by atoms with Crippen molar-refractivity contribution >= 4 is 35.7 Å². The van der Waals surface area contributed by atoms with Crippen molar-refractivity contribution < 1.29 is 14.3 Å². The van der Waals surface area contributed by atoms with E-state index in [-0.39, 0.29) is 30.4 Å². The molecule has 3 rings (SSSR count). The number of nitrogens with one attached hydrogen (secondary N) is 4. The topological polar surface area (TPSA) is 91.5 Å². The molecule has 0 aromatic heterocycles. The zero-order valence-corrected chi connectivity index (χ0v) is 18.1. The van der Waals surface area contributed by atoms with Crippen LogP contribution in [0.5, 0.6) is 0 Å². The molecule has 1 unspecified atom stereocenters. The highest BCUT2D eigenvalue weighted by molar-refractivity contribution is 5.99. The predicted octanol–water partition coefficient (Wildman–Crippen LogP) is 3.70. The number of amides is 3. The van der Waals surface area contributed by atoms with Crippen molar-refractivity contribution in [3.63, 3.8) is 0 Å². The van der Waals surface area contributed by atoms with Gasteiger partial charge >= 0.3 is 6.03 Å². The lowest BCUT2D eigenvalue weighted by molar-refractivity contribution is -0.147. The standard InChI is InChI=1S/C22H28N4O3.ClH/c1-16(24-20(27)22(29-2)12-14-23-15-13-22)17-8-10-19(11-9-17)26-21(28)25-18-6-4-3-5-7-18;/h3-11,16,23H,12-15H2,1-2H3,(H,24,27)(H2,25,26,28);1H. The second kappa shape index (κ2) is 11.0. The quantitative estimate of drug-likeness (QED) is 0.560. The maximum atomic E-state index is 12.8. The van der Waals surface area contributed by atoms with Gasteiger partial charge in [-0.1, -0.05) is 30.3 Å².